The van der Waals surface area contributed by atoms with E-state index in [1.165, 1.54) is 35.3 Å². The number of terminal acetylenes is 1. The van der Waals surface area contributed by atoms with Gasteiger partial charge in [0.05, 0.1) is 11.8 Å². The first-order chi connectivity index (χ1) is 17.3. The number of hydrogen-bond acceptors (Lipinski definition) is 6. The molecule has 36 heavy (non-hydrogen) atoms. The molecule has 0 aromatic heterocycles. The maximum absolute atomic E-state index is 13.4. The number of aldehydes is 1. The number of carbonyl (C=O) groups is 2. The van der Waals surface area contributed by atoms with E-state index in [-0.39, 0.29) is 12.4 Å². The summed E-state index contributed by atoms with van der Waals surface area (Å²) in [6.45, 7) is 11.8. The van der Waals surface area contributed by atoms with E-state index in [1.807, 2.05) is 6.92 Å². The third kappa shape index (κ3) is 4.26. The first-order valence-corrected chi connectivity index (χ1v) is 14.7. The first-order valence-electron chi connectivity index (χ1n) is 12.1. The molecule has 2 heterocycles. The highest BCUT2D eigenvalue weighted by atomic mass is 28.4. The van der Waals surface area contributed by atoms with E-state index in [0.717, 1.165) is 24.4 Å². The second kappa shape index (κ2) is 10.8. The van der Waals surface area contributed by atoms with Gasteiger partial charge in [0.25, 0.3) is 0 Å². The molecule has 0 aliphatic carbocycles. The monoisotopic (exact) mass is 507 g/mol. The van der Waals surface area contributed by atoms with E-state index >= 15 is 0 Å². The van der Waals surface area contributed by atoms with E-state index in [4.69, 9.17) is 20.3 Å². The lowest BCUT2D eigenvalue weighted by Crippen LogP contribution is -2.61. The number of benzene rings is 1. The number of fused-ring (bicyclic) bond motifs is 3. The molecular weight excluding hydrogens is 474 g/mol. The van der Waals surface area contributed by atoms with E-state index < -0.39 is 37.8 Å². The Hall–Kier alpha value is -3.30. The van der Waals surface area contributed by atoms with Crippen molar-refractivity contribution < 1.29 is 28.6 Å². The highest BCUT2D eigenvalue weighted by Gasteiger charge is 2.82. The summed E-state index contributed by atoms with van der Waals surface area (Å²) in [5.41, 5.74) is -2.06. The third-order valence-electron chi connectivity index (χ3n) is 7.31. The van der Waals surface area contributed by atoms with Crippen LogP contribution in [0, 0.1) is 24.2 Å². The summed E-state index contributed by atoms with van der Waals surface area (Å²) in [6, 6.07) is 6.16. The number of anilines is 1. The van der Waals surface area contributed by atoms with Crippen LogP contribution >= 0.6 is 0 Å². The van der Waals surface area contributed by atoms with Crippen molar-refractivity contribution >= 4 is 26.4 Å². The number of hydrogen-bond donors (Lipinski definition) is 1. The second-order valence-corrected chi connectivity index (χ2v) is 13.6. The van der Waals surface area contributed by atoms with E-state index in [1.54, 1.807) is 6.07 Å². The molecule has 0 saturated carbocycles. The van der Waals surface area contributed by atoms with Gasteiger partial charge < -0.3 is 19.0 Å². The third-order valence-corrected chi connectivity index (χ3v) is 12.0. The number of phenols is 1. The van der Waals surface area contributed by atoms with Crippen LogP contribution in [0.5, 0.6) is 5.75 Å². The van der Waals surface area contributed by atoms with Crippen LogP contribution in [0.2, 0.25) is 18.1 Å². The van der Waals surface area contributed by atoms with Gasteiger partial charge in [-0.3, -0.25) is 9.69 Å². The van der Waals surface area contributed by atoms with Crippen LogP contribution in [0.15, 0.2) is 43.0 Å². The summed E-state index contributed by atoms with van der Waals surface area (Å²) in [5.74, 6) is 8.30. The Labute approximate surface area is 214 Å². The lowest BCUT2D eigenvalue weighted by molar-refractivity contribution is -0.112. The van der Waals surface area contributed by atoms with Crippen LogP contribution in [-0.2, 0) is 24.3 Å². The molecule has 7 nitrogen and oxygen atoms in total. The number of aromatic hydroxyl groups is 1. The number of phenolic OH excluding ortho intramolecular Hbond substituents is 1. The summed E-state index contributed by atoms with van der Waals surface area (Å²) < 4.78 is 18.6. The van der Waals surface area contributed by atoms with Gasteiger partial charge in [-0.25, -0.2) is 4.79 Å². The minimum atomic E-state index is -2.16. The van der Waals surface area contributed by atoms with Gasteiger partial charge in [0.15, 0.2) is 25.8 Å². The minimum absolute atomic E-state index is 0.0177. The van der Waals surface area contributed by atoms with Crippen LogP contribution in [-0.4, -0.2) is 50.2 Å². The zero-order valence-electron chi connectivity index (χ0n) is 21.2. The summed E-state index contributed by atoms with van der Waals surface area (Å²) in [7, 11) is -2.16. The molecular formula is C28H33NO6Si. The highest BCUT2D eigenvalue weighted by Crippen LogP contribution is 2.65. The molecule has 1 fully saturated rings. The zero-order valence-corrected chi connectivity index (χ0v) is 22.2. The number of nitrogens with zero attached hydrogens (tertiary/aromatic N) is 1. The zero-order chi connectivity index (χ0) is 26.6. The molecule has 2 aliphatic rings. The Balaban J connectivity index is 2.27. The predicted octanol–water partition coefficient (Wildman–Crippen LogP) is 4.67. The van der Waals surface area contributed by atoms with E-state index in [2.05, 4.69) is 45.1 Å². The van der Waals surface area contributed by atoms with Crippen molar-refractivity contribution in [2.45, 2.75) is 69.2 Å². The standard InChI is InChI=1S/C28H33NO6Si/c1-7-12-13-14-15-25-28(21(6)34-36(9-3,10-4)11-5)27(20-30,35-28)23-19-22(31)16-17-24(23)29(25)26(32)33-18-8-2/h1,8,12-13,16-17,19-21,25,31H,2,9-11,18H2,3-6H3/b13-12-/t21-,25+,27-,28+/m1/s1. The van der Waals surface area contributed by atoms with Crippen LogP contribution in [0.25, 0.3) is 0 Å². The van der Waals surface area contributed by atoms with Gasteiger partial charge in [-0.1, -0.05) is 51.2 Å². The molecule has 1 saturated heterocycles. The largest absolute Gasteiger partial charge is 0.508 e. The normalized spacial score (nSPS) is 25.0. The number of epoxide rings is 1. The van der Waals surface area contributed by atoms with E-state index in [9.17, 15) is 14.7 Å². The van der Waals surface area contributed by atoms with Crippen molar-refractivity contribution in [3.05, 3.63) is 48.6 Å². The molecule has 4 atom stereocenters. The summed E-state index contributed by atoms with van der Waals surface area (Å²) >= 11 is 0. The van der Waals surface area contributed by atoms with Gasteiger partial charge in [0.1, 0.15) is 18.4 Å². The Morgan fingerprint density at radius 3 is 2.61 bits per heavy atom. The van der Waals surface area contributed by atoms with Crippen molar-refractivity contribution in [2.24, 2.45) is 0 Å². The Morgan fingerprint density at radius 1 is 1.33 bits per heavy atom. The molecule has 0 spiro atoms. The predicted molar refractivity (Wildman–Crippen MR) is 141 cm³/mol. The Morgan fingerprint density at radius 2 is 2.03 bits per heavy atom. The van der Waals surface area contributed by atoms with Crippen LogP contribution in [0.3, 0.4) is 0 Å². The molecule has 0 radical (unpaired) electrons. The average Bonchev–Trinajstić information content (AvgIpc) is 3.60. The van der Waals surface area contributed by atoms with Crippen molar-refractivity contribution in [1.29, 1.82) is 0 Å². The first kappa shape index (κ1) is 27.3. The lowest BCUT2D eigenvalue weighted by Gasteiger charge is -2.43. The fourth-order valence-electron chi connectivity index (χ4n) is 5.17. The summed E-state index contributed by atoms with van der Waals surface area (Å²) in [4.78, 5) is 27.5. The molecule has 0 unspecified atom stereocenters. The number of amides is 1. The van der Waals surface area contributed by atoms with Gasteiger partial charge in [0, 0.05) is 5.56 Å². The topological polar surface area (TPSA) is 88.6 Å². The van der Waals surface area contributed by atoms with Crippen molar-refractivity contribution in [3.8, 4) is 29.9 Å². The maximum Gasteiger partial charge on any atom is 0.415 e. The summed E-state index contributed by atoms with van der Waals surface area (Å²) in [5, 5.41) is 10.3. The van der Waals surface area contributed by atoms with Crippen LogP contribution < -0.4 is 4.90 Å². The highest BCUT2D eigenvalue weighted by molar-refractivity contribution is 6.73. The van der Waals surface area contributed by atoms with Crippen molar-refractivity contribution in [3.63, 3.8) is 0 Å². The van der Waals surface area contributed by atoms with Gasteiger partial charge >= 0.3 is 6.09 Å². The fourth-order valence-corrected chi connectivity index (χ4v) is 8.09. The van der Waals surface area contributed by atoms with Crippen molar-refractivity contribution in [2.75, 3.05) is 11.5 Å². The average molecular weight is 508 g/mol. The van der Waals surface area contributed by atoms with Crippen LogP contribution in [0.4, 0.5) is 10.5 Å². The Kier molecular flexibility index (Phi) is 8.15. The molecule has 1 aromatic rings. The quantitative estimate of drug-likeness (QED) is 0.172. The SMILES string of the molecule is C#C/C=C\C#C[C@@H]1N(C(=O)OCC=C)c2ccc(O)cc2[C@@]2(C=O)O[C@@]12[C@@H](C)O[Si](CC)(CC)CC. The minimum Gasteiger partial charge on any atom is -0.508 e. The molecule has 1 amide bonds. The molecule has 8 heteroatoms. The molecule has 190 valence electrons. The molecule has 1 aromatic carbocycles. The van der Waals surface area contributed by atoms with Gasteiger partial charge in [-0.15, -0.1) is 6.42 Å². The maximum atomic E-state index is 13.4. The van der Waals surface area contributed by atoms with Gasteiger partial charge in [0.2, 0.25) is 0 Å². The molecule has 0 bridgehead atoms. The number of ether oxygens (including phenoxy) is 2. The molecule has 2 aliphatic heterocycles. The molecule has 1 N–H and O–H groups in total. The Bertz CT molecular complexity index is 1150. The fraction of sp³-hybridized carbons (Fsp3) is 0.429. The number of rotatable bonds is 9. The summed E-state index contributed by atoms with van der Waals surface area (Å²) in [6.07, 6.45) is 9.14. The molecule has 3 rings (SSSR count). The van der Waals surface area contributed by atoms with Crippen molar-refractivity contribution in [1.82, 2.24) is 0 Å². The number of allylic oxidation sites excluding steroid dienone is 2. The van der Waals surface area contributed by atoms with Gasteiger partial charge in [-0.05, 0) is 55.4 Å². The van der Waals surface area contributed by atoms with Crippen LogP contribution in [0.1, 0.15) is 33.3 Å². The lowest BCUT2D eigenvalue weighted by atomic mass is 9.74. The smallest absolute Gasteiger partial charge is 0.415 e. The number of carbonyl (C=O) groups excluding carboxylic acids is 2. The second-order valence-electron chi connectivity index (χ2n) is 8.88. The van der Waals surface area contributed by atoms with Gasteiger partial charge in [-0.2, -0.15) is 0 Å². The van der Waals surface area contributed by atoms with E-state index in [0.29, 0.717) is 11.3 Å².